The number of benzene rings is 8. The van der Waals surface area contributed by atoms with Gasteiger partial charge in [-0.25, -0.2) is 15.0 Å². The second kappa shape index (κ2) is 13.1. The van der Waals surface area contributed by atoms with Gasteiger partial charge in [0, 0.05) is 48.3 Å². The molecule has 0 saturated heterocycles. The highest BCUT2D eigenvalue weighted by Gasteiger charge is 2.53. The van der Waals surface area contributed by atoms with Crippen LogP contribution in [0.1, 0.15) is 21.6 Å². The summed E-state index contributed by atoms with van der Waals surface area (Å²) in [5, 5.41) is 2.16. The summed E-state index contributed by atoms with van der Waals surface area (Å²) in [5.41, 5.74) is 16.8. The van der Waals surface area contributed by atoms with Crippen molar-refractivity contribution in [2.45, 2.75) is 5.41 Å². The van der Waals surface area contributed by atoms with Gasteiger partial charge in [0.05, 0.1) is 5.41 Å². The number of hydrogen-bond donors (Lipinski definition) is 0. The molecule has 0 saturated carbocycles. The van der Waals surface area contributed by atoms with E-state index in [0.29, 0.717) is 17.5 Å². The van der Waals surface area contributed by atoms with Crippen molar-refractivity contribution < 1.29 is 4.42 Å². The molecule has 0 bridgehead atoms. The summed E-state index contributed by atoms with van der Waals surface area (Å²) >= 11 is 1.92. The van der Waals surface area contributed by atoms with E-state index in [0.717, 1.165) is 44.2 Å². The number of para-hydroxylation sites is 1. The van der Waals surface area contributed by atoms with Gasteiger partial charge in [-0.2, -0.15) is 0 Å². The highest BCUT2D eigenvalue weighted by molar-refractivity contribution is 7.17. The highest BCUT2D eigenvalue weighted by Crippen LogP contribution is 2.67. The summed E-state index contributed by atoms with van der Waals surface area (Å²) < 4.78 is 6.31. The minimum atomic E-state index is -0.433. The molecule has 0 atom stereocenters. The van der Waals surface area contributed by atoms with Crippen LogP contribution in [0.2, 0.25) is 0 Å². The van der Waals surface area contributed by atoms with Crippen molar-refractivity contribution in [2.75, 3.05) is 0 Å². The molecule has 4 nitrogen and oxygen atoms in total. The first-order valence-corrected chi connectivity index (χ1v) is 21.4. The molecule has 0 unspecified atom stereocenters. The molecule has 0 fully saturated rings. The number of rotatable bonds is 5. The fourth-order valence-corrected chi connectivity index (χ4v) is 11.5. The lowest BCUT2D eigenvalue weighted by Crippen LogP contribution is -2.24. The highest BCUT2D eigenvalue weighted by atomic mass is 32.1. The van der Waals surface area contributed by atoms with Crippen LogP contribution in [0.25, 0.3) is 99.9 Å². The van der Waals surface area contributed by atoms with Crippen LogP contribution in [0.3, 0.4) is 0 Å². The monoisotopic (exact) mass is 795 g/mol. The van der Waals surface area contributed by atoms with Crippen molar-refractivity contribution in [3.8, 4) is 78.0 Å². The van der Waals surface area contributed by atoms with Gasteiger partial charge >= 0.3 is 0 Å². The predicted octanol–water partition coefficient (Wildman–Crippen LogP) is 14.5. The summed E-state index contributed by atoms with van der Waals surface area (Å²) in [6, 6.07) is 71.3. The van der Waals surface area contributed by atoms with Crippen LogP contribution in [0.15, 0.2) is 205 Å². The molecule has 5 heteroatoms. The van der Waals surface area contributed by atoms with Gasteiger partial charge in [-0.1, -0.05) is 176 Å². The second-order valence-corrected chi connectivity index (χ2v) is 16.8. The fraction of sp³-hybridized carbons (Fsp3) is 0.0179. The van der Waals surface area contributed by atoms with Crippen molar-refractivity contribution in [1.29, 1.82) is 0 Å². The first-order chi connectivity index (χ1) is 30.2. The third-order valence-electron chi connectivity index (χ3n) is 12.6. The van der Waals surface area contributed by atoms with E-state index >= 15 is 0 Å². The van der Waals surface area contributed by atoms with Crippen LogP contribution in [-0.4, -0.2) is 15.0 Å². The van der Waals surface area contributed by atoms with Gasteiger partial charge in [-0.05, 0) is 68.8 Å². The lowest BCUT2D eigenvalue weighted by atomic mass is 9.74. The fourth-order valence-electron chi connectivity index (χ4n) is 9.97. The normalized spacial score (nSPS) is 13.0. The van der Waals surface area contributed by atoms with Crippen molar-refractivity contribution in [3.05, 3.63) is 222 Å². The van der Waals surface area contributed by atoms with Gasteiger partial charge in [0.2, 0.25) is 0 Å². The Morgan fingerprint density at radius 3 is 1.57 bits per heavy atom. The molecule has 1 spiro atoms. The van der Waals surface area contributed by atoms with Crippen molar-refractivity contribution >= 4 is 33.3 Å². The Kier molecular flexibility index (Phi) is 7.36. The lowest BCUT2D eigenvalue weighted by molar-refractivity contribution is 0.669. The molecule has 0 radical (unpaired) electrons. The Bertz CT molecular complexity index is 3500. The maximum absolute atomic E-state index is 6.31. The molecule has 2 aliphatic carbocycles. The van der Waals surface area contributed by atoms with Crippen LogP contribution in [-0.2, 0) is 5.41 Å². The van der Waals surface area contributed by atoms with E-state index in [4.69, 9.17) is 19.4 Å². The van der Waals surface area contributed by atoms with Gasteiger partial charge in [0.25, 0.3) is 0 Å². The summed E-state index contributed by atoms with van der Waals surface area (Å²) in [7, 11) is 0. The Balaban J connectivity index is 1.03. The molecule has 8 aromatic carbocycles. The van der Waals surface area contributed by atoms with E-state index in [-0.39, 0.29) is 0 Å². The SMILES string of the molecule is c1ccc(-c2nc(-c3cccc(-c4sc5c(c4-c4ccccc4)-c4ccccc4C54c5ccccc5-c5ccccc54)c3)nc(-c3ccc4c(c3)oc3ccccc34)n2)cc1. The largest absolute Gasteiger partial charge is 0.456 e. The van der Waals surface area contributed by atoms with Gasteiger partial charge in [0.1, 0.15) is 11.2 Å². The van der Waals surface area contributed by atoms with Crippen molar-refractivity contribution in [3.63, 3.8) is 0 Å². The zero-order chi connectivity index (χ0) is 40.1. The Morgan fingerprint density at radius 2 is 0.869 bits per heavy atom. The van der Waals surface area contributed by atoms with Gasteiger partial charge in [-0.15, -0.1) is 11.3 Å². The Hall–Kier alpha value is -7.73. The van der Waals surface area contributed by atoms with Crippen molar-refractivity contribution in [2.24, 2.45) is 0 Å². The van der Waals surface area contributed by atoms with Crippen LogP contribution in [0.4, 0.5) is 0 Å². The standard InChI is InChI=1S/C56H33N3OS/c1-3-16-34(17-4-1)49-50-43-25-9-13-28-46(43)56(44-26-11-7-22-39(44)40-23-8-12-27-45(40)56)52(50)61-51(49)36-20-15-21-37(32-36)54-57-53(35-18-5-2-6-19-35)58-55(59-54)38-30-31-42-41-24-10-14-29-47(41)60-48(42)33-38/h1-33H. The molecule has 61 heavy (non-hydrogen) atoms. The average molecular weight is 796 g/mol. The van der Waals surface area contributed by atoms with Crippen LogP contribution in [0, 0.1) is 0 Å². The zero-order valence-electron chi connectivity index (χ0n) is 32.7. The van der Waals surface area contributed by atoms with E-state index in [2.05, 4.69) is 146 Å². The third kappa shape index (κ3) is 4.96. The molecule has 3 aromatic heterocycles. The minimum absolute atomic E-state index is 0.433. The predicted molar refractivity (Wildman–Crippen MR) is 248 cm³/mol. The topological polar surface area (TPSA) is 51.8 Å². The van der Waals surface area contributed by atoms with E-state index < -0.39 is 5.41 Å². The number of fused-ring (bicyclic) bond motifs is 13. The molecular weight excluding hydrogens is 763 g/mol. The molecule has 3 heterocycles. The molecule has 13 rings (SSSR count). The first kappa shape index (κ1) is 34.2. The van der Waals surface area contributed by atoms with Crippen LogP contribution < -0.4 is 0 Å². The van der Waals surface area contributed by atoms with E-state index in [9.17, 15) is 0 Å². The summed E-state index contributed by atoms with van der Waals surface area (Å²) in [6.45, 7) is 0. The van der Waals surface area contributed by atoms with E-state index in [1.807, 2.05) is 65.9 Å². The summed E-state index contributed by atoms with van der Waals surface area (Å²) in [6.07, 6.45) is 0. The summed E-state index contributed by atoms with van der Waals surface area (Å²) in [4.78, 5) is 18.0. The third-order valence-corrected chi connectivity index (χ3v) is 13.9. The molecule has 11 aromatic rings. The molecular formula is C56H33N3OS. The number of thiophene rings is 1. The number of aromatic nitrogens is 3. The minimum Gasteiger partial charge on any atom is -0.456 e. The zero-order valence-corrected chi connectivity index (χ0v) is 33.5. The van der Waals surface area contributed by atoms with E-state index in [1.54, 1.807) is 0 Å². The van der Waals surface area contributed by atoms with Crippen LogP contribution in [0.5, 0.6) is 0 Å². The molecule has 2 aliphatic rings. The lowest BCUT2D eigenvalue weighted by Gasteiger charge is -2.29. The molecule has 0 N–H and O–H groups in total. The van der Waals surface area contributed by atoms with E-state index in [1.165, 1.54) is 59.8 Å². The van der Waals surface area contributed by atoms with Crippen LogP contribution >= 0.6 is 11.3 Å². The second-order valence-electron chi connectivity index (χ2n) is 15.8. The quantitative estimate of drug-likeness (QED) is 0.174. The van der Waals surface area contributed by atoms with Crippen molar-refractivity contribution in [1.82, 2.24) is 15.0 Å². The van der Waals surface area contributed by atoms with Gasteiger partial charge in [0.15, 0.2) is 17.5 Å². The molecule has 0 aliphatic heterocycles. The maximum atomic E-state index is 6.31. The first-order valence-electron chi connectivity index (χ1n) is 20.6. The number of furan rings is 1. The number of hydrogen-bond acceptors (Lipinski definition) is 5. The smallest absolute Gasteiger partial charge is 0.164 e. The average Bonchev–Trinajstić information content (AvgIpc) is 4.07. The summed E-state index contributed by atoms with van der Waals surface area (Å²) in [5.74, 6) is 1.82. The number of nitrogens with zero attached hydrogens (tertiary/aromatic N) is 3. The van der Waals surface area contributed by atoms with Gasteiger partial charge in [-0.3, -0.25) is 0 Å². The molecule has 284 valence electrons. The maximum Gasteiger partial charge on any atom is 0.164 e. The molecule has 0 amide bonds. The van der Waals surface area contributed by atoms with Gasteiger partial charge < -0.3 is 4.42 Å². The Labute approximate surface area is 356 Å². The Morgan fingerprint density at radius 1 is 0.361 bits per heavy atom.